The Kier molecular flexibility index (Phi) is 5.15. The molecule has 0 aliphatic heterocycles. The highest BCUT2D eigenvalue weighted by molar-refractivity contribution is 9.11. The predicted octanol–water partition coefficient (Wildman–Crippen LogP) is 3.23. The fourth-order valence-electron chi connectivity index (χ4n) is 1.96. The minimum Gasteiger partial charge on any atom is -0.363 e. The number of nitrogens with zero attached hydrogens (tertiary/aromatic N) is 2. The van der Waals surface area contributed by atoms with Gasteiger partial charge in [0.1, 0.15) is 5.82 Å². The quantitative estimate of drug-likeness (QED) is 0.612. The number of nitrogens with two attached hydrogens (primary N) is 1. The van der Waals surface area contributed by atoms with Crippen LogP contribution in [0.1, 0.15) is 17.2 Å². The van der Waals surface area contributed by atoms with Gasteiger partial charge in [-0.25, -0.2) is 10.4 Å². The van der Waals surface area contributed by atoms with Crippen LogP contribution in [0.25, 0.3) is 0 Å². The van der Waals surface area contributed by atoms with E-state index in [9.17, 15) is 0 Å². The number of benzene rings is 1. The summed E-state index contributed by atoms with van der Waals surface area (Å²) in [5.74, 6) is 6.63. The molecule has 0 spiro atoms. The Morgan fingerprint density at radius 1 is 1.10 bits per heavy atom. The van der Waals surface area contributed by atoms with Gasteiger partial charge in [0.05, 0.1) is 6.04 Å². The maximum absolute atomic E-state index is 5.72. The first-order valence-corrected chi connectivity index (χ1v) is 7.65. The van der Waals surface area contributed by atoms with Gasteiger partial charge in [-0.15, -0.1) is 0 Å². The van der Waals surface area contributed by atoms with Crippen molar-refractivity contribution >= 4 is 37.7 Å². The second-order valence-corrected chi connectivity index (χ2v) is 6.48. The summed E-state index contributed by atoms with van der Waals surface area (Å²) in [6.07, 6.45) is 1.84. The highest BCUT2D eigenvalue weighted by Gasteiger charge is 2.14. The van der Waals surface area contributed by atoms with Gasteiger partial charge in [0, 0.05) is 29.2 Å². The van der Waals surface area contributed by atoms with Gasteiger partial charge < -0.3 is 4.90 Å². The second-order valence-electron chi connectivity index (χ2n) is 4.65. The van der Waals surface area contributed by atoms with Gasteiger partial charge in [0.2, 0.25) is 0 Å². The molecule has 2 rings (SSSR count). The Hall–Kier alpha value is -0.950. The zero-order chi connectivity index (χ0) is 14.7. The SMILES string of the molecule is CN(C)c1ccc(C(NN)c2cc(Br)cc(Br)c2)cn1. The Labute approximate surface area is 135 Å². The summed E-state index contributed by atoms with van der Waals surface area (Å²) >= 11 is 6.99. The zero-order valence-corrected chi connectivity index (χ0v) is 14.4. The third-order valence-corrected chi connectivity index (χ3v) is 3.86. The third kappa shape index (κ3) is 3.58. The van der Waals surface area contributed by atoms with Gasteiger partial charge in [0.15, 0.2) is 0 Å². The van der Waals surface area contributed by atoms with Crippen LogP contribution in [0.5, 0.6) is 0 Å². The largest absolute Gasteiger partial charge is 0.363 e. The minimum absolute atomic E-state index is 0.104. The number of rotatable bonds is 4. The fraction of sp³-hybridized carbons (Fsp3) is 0.214. The van der Waals surface area contributed by atoms with Gasteiger partial charge in [0.25, 0.3) is 0 Å². The smallest absolute Gasteiger partial charge is 0.127 e. The summed E-state index contributed by atoms with van der Waals surface area (Å²) in [6.45, 7) is 0. The molecule has 1 aromatic carbocycles. The van der Waals surface area contributed by atoms with Gasteiger partial charge in [-0.05, 0) is 35.4 Å². The number of nitrogens with one attached hydrogen (secondary N) is 1. The lowest BCUT2D eigenvalue weighted by Gasteiger charge is -2.18. The summed E-state index contributed by atoms with van der Waals surface area (Å²) < 4.78 is 2.00. The molecule has 0 bridgehead atoms. The van der Waals surface area contributed by atoms with E-state index in [1.54, 1.807) is 0 Å². The van der Waals surface area contributed by atoms with Gasteiger partial charge in [-0.1, -0.05) is 37.9 Å². The van der Waals surface area contributed by atoms with Crippen LogP contribution in [-0.2, 0) is 0 Å². The standard InChI is InChI=1S/C14H16Br2N4/c1-20(2)13-4-3-9(8-18-13)14(19-17)10-5-11(15)7-12(16)6-10/h3-8,14,19H,17H2,1-2H3. The molecule has 20 heavy (non-hydrogen) atoms. The van der Waals surface area contributed by atoms with Crippen molar-refractivity contribution in [3.8, 4) is 0 Å². The molecule has 4 nitrogen and oxygen atoms in total. The van der Waals surface area contributed by atoms with E-state index < -0.39 is 0 Å². The van der Waals surface area contributed by atoms with E-state index in [1.807, 2.05) is 55.5 Å². The molecule has 0 saturated carbocycles. The number of aromatic nitrogens is 1. The number of hydrazine groups is 1. The number of hydrogen-bond donors (Lipinski definition) is 2. The van der Waals surface area contributed by atoms with E-state index in [-0.39, 0.29) is 6.04 Å². The van der Waals surface area contributed by atoms with Crippen molar-refractivity contribution in [2.75, 3.05) is 19.0 Å². The summed E-state index contributed by atoms with van der Waals surface area (Å²) in [5, 5.41) is 0. The first-order chi connectivity index (χ1) is 9.51. The van der Waals surface area contributed by atoms with Crippen LogP contribution < -0.4 is 16.2 Å². The molecule has 2 aromatic rings. The number of pyridine rings is 1. The van der Waals surface area contributed by atoms with Gasteiger partial charge in [-0.2, -0.15) is 0 Å². The van der Waals surface area contributed by atoms with Crippen LogP contribution in [0, 0.1) is 0 Å². The molecule has 3 N–H and O–H groups in total. The van der Waals surface area contributed by atoms with Crippen LogP contribution in [0.2, 0.25) is 0 Å². The van der Waals surface area contributed by atoms with Crippen molar-refractivity contribution in [3.63, 3.8) is 0 Å². The molecular formula is C14H16Br2N4. The molecule has 106 valence electrons. The Bertz CT molecular complexity index is 564. The van der Waals surface area contributed by atoms with E-state index in [4.69, 9.17) is 5.84 Å². The molecular weight excluding hydrogens is 384 g/mol. The first kappa shape index (κ1) is 15.4. The summed E-state index contributed by atoms with van der Waals surface area (Å²) in [5.41, 5.74) is 4.92. The van der Waals surface area contributed by atoms with Gasteiger partial charge in [-0.3, -0.25) is 5.84 Å². The van der Waals surface area contributed by atoms with E-state index in [1.165, 1.54) is 0 Å². The summed E-state index contributed by atoms with van der Waals surface area (Å²) in [6, 6.07) is 9.97. The Morgan fingerprint density at radius 3 is 2.20 bits per heavy atom. The molecule has 0 aliphatic carbocycles. The molecule has 0 saturated heterocycles. The predicted molar refractivity (Wildman–Crippen MR) is 89.6 cm³/mol. The van der Waals surface area contributed by atoms with E-state index in [0.717, 1.165) is 25.9 Å². The average Bonchev–Trinajstić information content (AvgIpc) is 2.39. The first-order valence-electron chi connectivity index (χ1n) is 6.06. The molecule has 0 fully saturated rings. The van der Waals surface area contributed by atoms with Crippen LogP contribution >= 0.6 is 31.9 Å². The third-order valence-electron chi connectivity index (χ3n) is 2.95. The number of anilines is 1. The Morgan fingerprint density at radius 2 is 1.75 bits per heavy atom. The lowest BCUT2D eigenvalue weighted by molar-refractivity contribution is 0.634. The van der Waals surface area contributed by atoms with Crippen molar-refractivity contribution in [2.24, 2.45) is 5.84 Å². The van der Waals surface area contributed by atoms with Crippen molar-refractivity contribution in [3.05, 3.63) is 56.6 Å². The highest BCUT2D eigenvalue weighted by atomic mass is 79.9. The van der Waals surface area contributed by atoms with Crippen molar-refractivity contribution in [1.29, 1.82) is 0 Å². The second kappa shape index (κ2) is 6.67. The Balaban J connectivity index is 2.36. The lowest BCUT2D eigenvalue weighted by atomic mass is 10.0. The van der Waals surface area contributed by atoms with Gasteiger partial charge >= 0.3 is 0 Å². The van der Waals surface area contributed by atoms with Crippen LogP contribution in [0.15, 0.2) is 45.5 Å². The highest BCUT2D eigenvalue weighted by Crippen LogP contribution is 2.28. The zero-order valence-electron chi connectivity index (χ0n) is 11.3. The van der Waals surface area contributed by atoms with Crippen molar-refractivity contribution in [1.82, 2.24) is 10.4 Å². The molecule has 1 unspecified atom stereocenters. The maximum Gasteiger partial charge on any atom is 0.127 e. The van der Waals surface area contributed by atoms with E-state index in [0.29, 0.717) is 0 Å². The van der Waals surface area contributed by atoms with Crippen LogP contribution in [0.3, 0.4) is 0 Å². The molecule has 0 aliphatic rings. The van der Waals surface area contributed by atoms with E-state index >= 15 is 0 Å². The summed E-state index contributed by atoms with van der Waals surface area (Å²) in [4.78, 5) is 6.39. The topological polar surface area (TPSA) is 54.2 Å². The normalized spacial score (nSPS) is 12.2. The minimum atomic E-state index is -0.104. The lowest BCUT2D eigenvalue weighted by Crippen LogP contribution is -2.29. The monoisotopic (exact) mass is 398 g/mol. The van der Waals surface area contributed by atoms with Crippen LogP contribution in [0.4, 0.5) is 5.82 Å². The molecule has 1 atom stereocenters. The van der Waals surface area contributed by atoms with Crippen molar-refractivity contribution in [2.45, 2.75) is 6.04 Å². The van der Waals surface area contributed by atoms with Crippen LogP contribution in [-0.4, -0.2) is 19.1 Å². The average molecular weight is 400 g/mol. The van der Waals surface area contributed by atoms with Crippen molar-refractivity contribution < 1.29 is 0 Å². The number of halogens is 2. The summed E-state index contributed by atoms with van der Waals surface area (Å²) in [7, 11) is 3.93. The molecule has 0 amide bonds. The molecule has 6 heteroatoms. The fourth-order valence-corrected chi connectivity index (χ4v) is 3.29. The molecule has 1 aromatic heterocycles. The number of hydrogen-bond acceptors (Lipinski definition) is 4. The molecule has 0 radical (unpaired) electrons. The van der Waals surface area contributed by atoms with E-state index in [2.05, 4.69) is 42.3 Å². The molecule has 1 heterocycles. The maximum atomic E-state index is 5.72.